The molecule has 1 rings (SSSR count). The number of carbonyl (C=O) groups is 1. The second kappa shape index (κ2) is 4.96. The standard InChI is InChI=1S/C10H12ClNO2/c1-3-7(2)14-10(13)8-4-5-9(11)12-6-8/h4-7H,3H2,1-2H3. The number of hydrogen-bond acceptors (Lipinski definition) is 3. The predicted molar refractivity (Wildman–Crippen MR) is 54.4 cm³/mol. The summed E-state index contributed by atoms with van der Waals surface area (Å²) in [5.41, 5.74) is 0.426. The summed E-state index contributed by atoms with van der Waals surface area (Å²) in [6.45, 7) is 3.80. The quantitative estimate of drug-likeness (QED) is 0.573. The zero-order valence-corrected chi connectivity index (χ0v) is 8.91. The fourth-order valence-electron chi connectivity index (χ4n) is 0.831. The molecule has 0 saturated heterocycles. The average molecular weight is 214 g/mol. The van der Waals surface area contributed by atoms with Crippen LogP contribution in [0.1, 0.15) is 30.6 Å². The maximum Gasteiger partial charge on any atom is 0.339 e. The van der Waals surface area contributed by atoms with Gasteiger partial charge in [0.25, 0.3) is 0 Å². The van der Waals surface area contributed by atoms with Gasteiger partial charge in [0.05, 0.1) is 11.7 Å². The van der Waals surface area contributed by atoms with Gasteiger partial charge in [-0.1, -0.05) is 18.5 Å². The fourth-order valence-corrected chi connectivity index (χ4v) is 0.942. The third-order valence-electron chi connectivity index (χ3n) is 1.85. The van der Waals surface area contributed by atoms with Gasteiger partial charge in [0, 0.05) is 6.20 Å². The summed E-state index contributed by atoms with van der Waals surface area (Å²) in [5, 5.41) is 0.366. The third kappa shape index (κ3) is 3.00. The molecule has 14 heavy (non-hydrogen) atoms. The van der Waals surface area contributed by atoms with Crippen molar-refractivity contribution in [1.82, 2.24) is 4.98 Å². The van der Waals surface area contributed by atoms with E-state index < -0.39 is 0 Å². The lowest BCUT2D eigenvalue weighted by Crippen LogP contribution is -2.14. The molecule has 0 aliphatic carbocycles. The number of ether oxygens (including phenoxy) is 1. The minimum atomic E-state index is -0.358. The Morgan fingerprint density at radius 1 is 1.64 bits per heavy atom. The van der Waals surface area contributed by atoms with E-state index in [9.17, 15) is 4.79 Å². The van der Waals surface area contributed by atoms with E-state index in [2.05, 4.69) is 4.98 Å². The number of halogens is 1. The maximum absolute atomic E-state index is 11.4. The Morgan fingerprint density at radius 3 is 2.86 bits per heavy atom. The molecule has 0 spiro atoms. The zero-order valence-electron chi connectivity index (χ0n) is 8.16. The van der Waals surface area contributed by atoms with Gasteiger partial charge in [-0.15, -0.1) is 0 Å². The summed E-state index contributed by atoms with van der Waals surface area (Å²) in [5.74, 6) is -0.358. The van der Waals surface area contributed by atoms with Crippen LogP contribution in [0.4, 0.5) is 0 Å². The van der Waals surface area contributed by atoms with E-state index in [4.69, 9.17) is 16.3 Å². The Balaban J connectivity index is 2.65. The molecule has 3 nitrogen and oxygen atoms in total. The van der Waals surface area contributed by atoms with Crippen LogP contribution in [0.5, 0.6) is 0 Å². The lowest BCUT2D eigenvalue weighted by Gasteiger charge is -2.10. The first-order valence-electron chi connectivity index (χ1n) is 4.46. The van der Waals surface area contributed by atoms with Gasteiger partial charge in [-0.25, -0.2) is 9.78 Å². The van der Waals surface area contributed by atoms with Gasteiger partial charge >= 0.3 is 5.97 Å². The molecule has 1 aromatic rings. The molecular weight excluding hydrogens is 202 g/mol. The highest BCUT2D eigenvalue weighted by molar-refractivity contribution is 6.29. The van der Waals surface area contributed by atoms with Gasteiger partial charge in [0.15, 0.2) is 0 Å². The Labute approximate surface area is 88.1 Å². The topological polar surface area (TPSA) is 39.2 Å². The van der Waals surface area contributed by atoms with Crippen LogP contribution in [-0.4, -0.2) is 17.1 Å². The zero-order chi connectivity index (χ0) is 10.6. The first kappa shape index (κ1) is 11.0. The van der Waals surface area contributed by atoms with Crippen LogP contribution in [0.25, 0.3) is 0 Å². The van der Waals surface area contributed by atoms with Crippen molar-refractivity contribution in [2.75, 3.05) is 0 Å². The van der Waals surface area contributed by atoms with Crippen LogP contribution in [0, 0.1) is 0 Å². The second-order valence-corrected chi connectivity index (χ2v) is 3.38. The number of rotatable bonds is 3. The molecule has 0 fully saturated rings. The second-order valence-electron chi connectivity index (χ2n) is 2.99. The molecule has 1 atom stereocenters. The highest BCUT2D eigenvalue weighted by atomic mass is 35.5. The van der Waals surface area contributed by atoms with Gasteiger partial charge in [0.1, 0.15) is 5.15 Å². The minimum absolute atomic E-state index is 0.0711. The van der Waals surface area contributed by atoms with Gasteiger partial charge in [-0.2, -0.15) is 0 Å². The number of esters is 1. The van der Waals surface area contributed by atoms with Crippen LogP contribution < -0.4 is 0 Å². The highest BCUT2D eigenvalue weighted by Gasteiger charge is 2.10. The summed E-state index contributed by atoms with van der Waals surface area (Å²) in [7, 11) is 0. The lowest BCUT2D eigenvalue weighted by atomic mass is 10.3. The van der Waals surface area contributed by atoms with Crippen molar-refractivity contribution in [3.05, 3.63) is 29.0 Å². The van der Waals surface area contributed by atoms with Crippen molar-refractivity contribution in [3.8, 4) is 0 Å². The van der Waals surface area contributed by atoms with Crippen LogP contribution in [0.3, 0.4) is 0 Å². The smallest absolute Gasteiger partial charge is 0.339 e. The normalized spacial score (nSPS) is 12.2. The van der Waals surface area contributed by atoms with Crippen LogP contribution in [0.15, 0.2) is 18.3 Å². The maximum atomic E-state index is 11.4. The summed E-state index contributed by atoms with van der Waals surface area (Å²) >= 11 is 5.59. The summed E-state index contributed by atoms with van der Waals surface area (Å²) in [6.07, 6.45) is 2.14. The Morgan fingerprint density at radius 2 is 2.36 bits per heavy atom. The average Bonchev–Trinajstić information content (AvgIpc) is 2.18. The molecule has 0 N–H and O–H groups in total. The SMILES string of the molecule is CCC(C)OC(=O)c1ccc(Cl)nc1. The van der Waals surface area contributed by atoms with Crippen molar-refractivity contribution < 1.29 is 9.53 Å². The lowest BCUT2D eigenvalue weighted by molar-refractivity contribution is 0.0334. The largest absolute Gasteiger partial charge is 0.459 e. The number of hydrogen-bond donors (Lipinski definition) is 0. The van der Waals surface area contributed by atoms with Gasteiger partial charge in [0.2, 0.25) is 0 Å². The minimum Gasteiger partial charge on any atom is -0.459 e. The molecule has 0 bridgehead atoms. The fraction of sp³-hybridized carbons (Fsp3) is 0.400. The number of aromatic nitrogens is 1. The van der Waals surface area contributed by atoms with Crippen molar-refractivity contribution in [3.63, 3.8) is 0 Å². The van der Waals surface area contributed by atoms with Crippen molar-refractivity contribution in [1.29, 1.82) is 0 Å². The van der Waals surface area contributed by atoms with E-state index in [0.29, 0.717) is 10.7 Å². The van der Waals surface area contributed by atoms with Crippen LogP contribution in [0.2, 0.25) is 5.15 Å². The monoisotopic (exact) mass is 213 g/mol. The first-order chi connectivity index (χ1) is 6.63. The van der Waals surface area contributed by atoms with Gasteiger partial charge in [-0.3, -0.25) is 0 Å². The van der Waals surface area contributed by atoms with Crippen LogP contribution >= 0.6 is 11.6 Å². The summed E-state index contributed by atoms with van der Waals surface area (Å²) in [6, 6.07) is 3.16. The number of pyridine rings is 1. The van der Waals surface area contributed by atoms with E-state index in [1.54, 1.807) is 12.1 Å². The third-order valence-corrected chi connectivity index (χ3v) is 2.07. The molecular formula is C10H12ClNO2. The molecule has 0 saturated carbocycles. The van der Waals surface area contributed by atoms with Gasteiger partial charge < -0.3 is 4.74 Å². The van der Waals surface area contributed by atoms with Gasteiger partial charge in [-0.05, 0) is 25.5 Å². The molecule has 1 aromatic heterocycles. The number of nitrogens with zero attached hydrogens (tertiary/aromatic N) is 1. The first-order valence-corrected chi connectivity index (χ1v) is 4.83. The Kier molecular flexibility index (Phi) is 3.89. The Hall–Kier alpha value is -1.09. The van der Waals surface area contributed by atoms with E-state index in [-0.39, 0.29) is 12.1 Å². The van der Waals surface area contributed by atoms with E-state index in [1.165, 1.54) is 6.20 Å². The van der Waals surface area contributed by atoms with E-state index in [1.807, 2.05) is 13.8 Å². The highest BCUT2D eigenvalue weighted by Crippen LogP contribution is 2.08. The molecule has 0 aliphatic rings. The molecule has 1 unspecified atom stereocenters. The molecule has 76 valence electrons. The molecule has 0 amide bonds. The summed E-state index contributed by atoms with van der Waals surface area (Å²) in [4.78, 5) is 15.2. The predicted octanol–water partition coefficient (Wildman–Crippen LogP) is 2.69. The molecule has 0 aromatic carbocycles. The molecule has 0 radical (unpaired) electrons. The van der Waals surface area contributed by atoms with Crippen LogP contribution in [-0.2, 0) is 4.74 Å². The Bertz CT molecular complexity index is 310. The van der Waals surface area contributed by atoms with Crippen molar-refractivity contribution in [2.45, 2.75) is 26.4 Å². The number of carbonyl (C=O) groups excluding carboxylic acids is 1. The van der Waals surface area contributed by atoms with E-state index >= 15 is 0 Å². The van der Waals surface area contributed by atoms with Crippen molar-refractivity contribution >= 4 is 17.6 Å². The van der Waals surface area contributed by atoms with Crippen molar-refractivity contribution in [2.24, 2.45) is 0 Å². The molecule has 0 aliphatic heterocycles. The molecule has 1 heterocycles. The van der Waals surface area contributed by atoms with E-state index in [0.717, 1.165) is 6.42 Å². The summed E-state index contributed by atoms with van der Waals surface area (Å²) < 4.78 is 5.10. The molecule has 4 heteroatoms.